The van der Waals surface area contributed by atoms with E-state index in [0.717, 1.165) is 17.8 Å². The van der Waals surface area contributed by atoms with Crippen molar-refractivity contribution in [2.24, 2.45) is 0 Å². The van der Waals surface area contributed by atoms with Gasteiger partial charge in [0.2, 0.25) is 0 Å². The Hall–Kier alpha value is -5.19. The van der Waals surface area contributed by atoms with Crippen LogP contribution in [0.15, 0.2) is 60.7 Å². The van der Waals surface area contributed by atoms with Gasteiger partial charge in [-0.25, -0.2) is 35.9 Å². The summed E-state index contributed by atoms with van der Waals surface area (Å²) in [5.41, 5.74) is 1.97. The molecule has 371 valence electrons. The molecule has 14 nitrogen and oxygen atoms in total. The maximum Gasteiger partial charge on any atom is 1.00 e. The van der Waals surface area contributed by atoms with Crippen molar-refractivity contribution in [3.05, 3.63) is 118 Å². The molecule has 2 fully saturated rings. The molecule has 4 heterocycles. The van der Waals surface area contributed by atoms with Gasteiger partial charge in [0.15, 0.2) is 5.78 Å². The molecule has 2 saturated heterocycles. The molecule has 4 aromatic carbocycles. The Morgan fingerprint density at radius 2 is 1.10 bits per heavy atom. The SMILES string of the molecule is CN1c2ccc(F)cc2C(=O)CC12CCN(C(=O)NCc1cc(NCCO)c(F)cc1F)CC2.CN1c2ccc(F)cc2C(O)CC12CCN(C(=O)NCc1cc(NCCO)c(F)cc1F)CC2.[B].[H-].[Na+]. The third-order valence-electron chi connectivity index (χ3n) is 13.8. The summed E-state index contributed by atoms with van der Waals surface area (Å²) in [7, 11) is 3.82. The number of carbonyl (C=O) groups is 3. The Morgan fingerprint density at radius 3 is 1.59 bits per heavy atom. The normalized spacial score (nSPS) is 17.6. The van der Waals surface area contributed by atoms with Gasteiger partial charge in [-0.15, -0.1) is 0 Å². The number of carbonyl (C=O) groups excluding carboxylic acids is 3. The van der Waals surface area contributed by atoms with Gasteiger partial charge in [0, 0.05) is 139 Å². The van der Waals surface area contributed by atoms with Crippen LogP contribution in [-0.2, 0) is 13.1 Å². The smallest absolute Gasteiger partial charge is 1.00 e. The van der Waals surface area contributed by atoms with E-state index in [1.807, 2.05) is 19.0 Å². The van der Waals surface area contributed by atoms with Crippen LogP contribution in [0, 0.1) is 34.9 Å². The molecule has 7 N–H and O–H groups in total. The van der Waals surface area contributed by atoms with Crippen LogP contribution < -0.4 is 60.6 Å². The molecule has 1 atom stereocenters. The summed E-state index contributed by atoms with van der Waals surface area (Å²) in [4.78, 5) is 45.5. The number of aliphatic hydroxyl groups is 3. The summed E-state index contributed by atoms with van der Waals surface area (Å²) in [6.45, 7) is 1.26. The van der Waals surface area contributed by atoms with Crippen molar-refractivity contribution in [3.63, 3.8) is 0 Å². The summed E-state index contributed by atoms with van der Waals surface area (Å²) in [6.07, 6.45) is 2.26. The topological polar surface area (TPSA) is 173 Å². The zero-order valence-electron chi connectivity index (χ0n) is 40.4. The number of halogens is 6. The molecule has 4 aliphatic rings. The van der Waals surface area contributed by atoms with Crippen LogP contribution in [0.4, 0.5) is 58.7 Å². The minimum atomic E-state index is -0.780. The van der Waals surface area contributed by atoms with Crippen LogP contribution in [0.1, 0.15) is 73.1 Å². The van der Waals surface area contributed by atoms with E-state index in [1.54, 1.807) is 21.9 Å². The first-order chi connectivity index (χ1) is 32.5. The first-order valence-corrected chi connectivity index (χ1v) is 22.5. The van der Waals surface area contributed by atoms with Gasteiger partial charge in [0.1, 0.15) is 34.9 Å². The standard InChI is InChI=1S/C24H29F3N4O3.C24H27F3N4O3.B.Na.H/c2*1-30-21-3-2-16(25)11-17(21)22(33)13-24(30)4-7-31(8-5-24)23(34)29-14-15-10-20(28-6-9-32)19(27)12-18(15)26;;;/h2-3,10-12,22,28,32-33H,4-9,13-14H2,1H3,(H,29,34);2-3,10-12,28,32H,4-9,13-14H2,1H3,(H,29,34);;;/q;;;+1;-1. The average Bonchev–Trinajstić information content (AvgIpc) is 3.32. The minimum Gasteiger partial charge on any atom is -1.00 e. The van der Waals surface area contributed by atoms with E-state index in [2.05, 4.69) is 26.2 Å². The van der Waals surface area contributed by atoms with Crippen LogP contribution in [0.25, 0.3) is 0 Å². The Labute approximate surface area is 428 Å². The molecule has 0 bridgehead atoms. The number of amides is 4. The number of aliphatic hydroxyl groups excluding tert-OH is 3. The number of benzene rings is 4. The molecule has 2 spiro atoms. The van der Waals surface area contributed by atoms with Crippen molar-refractivity contribution in [2.75, 3.05) is 87.0 Å². The number of rotatable bonds is 10. The largest absolute Gasteiger partial charge is 1.00 e. The van der Waals surface area contributed by atoms with Crippen molar-refractivity contribution in [3.8, 4) is 0 Å². The van der Waals surface area contributed by atoms with Crippen molar-refractivity contribution >= 4 is 49.0 Å². The Balaban J connectivity index is 0.000000296. The summed E-state index contributed by atoms with van der Waals surface area (Å²) in [5.74, 6) is -4.04. The third-order valence-corrected chi connectivity index (χ3v) is 13.8. The molecule has 4 amide bonds. The maximum atomic E-state index is 14.2. The predicted octanol–water partition coefficient (Wildman–Crippen LogP) is 3.14. The fourth-order valence-electron chi connectivity index (χ4n) is 9.73. The number of fused-ring (bicyclic) bond motifs is 2. The van der Waals surface area contributed by atoms with Crippen LogP contribution in [-0.4, -0.2) is 129 Å². The van der Waals surface area contributed by atoms with Crippen molar-refractivity contribution in [1.82, 2.24) is 20.4 Å². The number of urea groups is 2. The molecule has 1 unspecified atom stereocenters. The number of hydrogen-bond acceptors (Lipinski definition) is 10. The first kappa shape index (κ1) is 55.7. The Kier molecular flexibility index (Phi) is 19.0. The van der Waals surface area contributed by atoms with Crippen molar-refractivity contribution in [1.29, 1.82) is 0 Å². The van der Waals surface area contributed by atoms with Crippen molar-refractivity contribution in [2.45, 2.75) is 68.8 Å². The second-order valence-electron chi connectivity index (χ2n) is 17.7. The Morgan fingerprint density at radius 1 is 0.657 bits per heavy atom. The summed E-state index contributed by atoms with van der Waals surface area (Å²) in [5, 5.41) is 39.1. The number of anilines is 4. The number of likely N-dealkylation sites (tertiary alicyclic amines) is 2. The average molecular weight is 990 g/mol. The minimum absolute atomic E-state index is 0. The molecule has 22 heteroatoms. The number of nitrogens with zero attached hydrogens (tertiary/aromatic N) is 4. The van der Waals surface area contributed by atoms with Gasteiger partial charge in [-0.2, -0.15) is 0 Å². The van der Waals surface area contributed by atoms with E-state index >= 15 is 0 Å². The zero-order chi connectivity index (χ0) is 48.9. The Bertz CT molecular complexity index is 2530. The summed E-state index contributed by atoms with van der Waals surface area (Å²) < 4.78 is 83.3. The second kappa shape index (κ2) is 23.8. The van der Waals surface area contributed by atoms with Gasteiger partial charge in [-0.3, -0.25) is 4.79 Å². The van der Waals surface area contributed by atoms with Crippen molar-refractivity contribution < 1.29 is 87.0 Å². The molecular formula is C48H57BF6N8NaO6. The summed E-state index contributed by atoms with van der Waals surface area (Å²) >= 11 is 0. The van der Waals surface area contributed by atoms with Gasteiger partial charge < -0.3 is 57.6 Å². The maximum absolute atomic E-state index is 14.2. The quantitative estimate of drug-likeness (QED) is 0.0926. The first-order valence-electron chi connectivity index (χ1n) is 22.5. The number of ketones is 1. The fourth-order valence-corrected chi connectivity index (χ4v) is 9.73. The molecule has 3 radical (unpaired) electrons. The van der Waals surface area contributed by atoms with Crippen LogP contribution >= 0.6 is 0 Å². The van der Waals surface area contributed by atoms with Crippen LogP contribution in [0.2, 0.25) is 0 Å². The molecule has 4 aromatic rings. The molecule has 4 aliphatic heterocycles. The van der Waals surface area contributed by atoms with E-state index in [1.165, 1.54) is 36.4 Å². The molecule has 0 aliphatic carbocycles. The molecule has 0 aromatic heterocycles. The van der Waals surface area contributed by atoms with Gasteiger partial charge in [0.05, 0.1) is 36.2 Å². The zero-order valence-corrected chi connectivity index (χ0v) is 41.4. The number of piperidine rings is 2. The van der Waals surface area contributed by atoms with Gasteiger partial charge in [0.25, 0.3) is 0 Å². The molecule has 0 saturated carbocycles. The van der Waals surface area contributed by atoms with E-state index < -0.39 is 40.7 Å². The van der Waals surface area contributed by atoms with E-state index in [4.69, 9.17) is 10.2 Å². The van der Waals surface area contributed by atoms with E-state index in [9.17, 15) is 45.8 Å². The third kappa shape index (κ3) is 12.1. The van der Waals surface area contributed by atoms with Crippen LogP contribution in [0.3, 0.4) is 0 Å². The molecule has 70 heavy (non-hydrogen) atoms. The fraction of sp³-hybridized carbons (Fsp3) is 0.438. The van der Waals surface area contributed by atoms with E-state index in [-0.39, 0.29) is 137 Å². The number of nitrogens with one attached hydrogen (secondary N) is 4. The van der Waals surface area contributed by atoms with Gasteiger partial charge in [-0.1, -0.05) is 0 Å². The molecular weight excluding hydrogens is 932 g/mol. The predicted molar refractivity (Wildman–Crippen MR) is 250 cm³/mol. The van der Waals surface area contributed by atoms with Crippen LogP contribution in [0.5, 0.6) is 0 Å². The number of Topliss-reactive ketones (excluding diaryl/α,β-unsaturated/α-hetero) is 1. The second-order valence-corrected chi connectivity index (χ2v) is 17.7. The van der Waals surface area contributed by atoms with E-state index in [0.29, 0.717) is 75.1 Å². The number of hydrogen-bond donors (Lipinski definition) is 7. The van der Waals surface area contributed by atoms with Gasteiger partial charge >= 0.3 is 41.6 Å². The monoisotopic (exact) mass is 989 g/mol. The molecule has 8 rings (SSSR count). The van der Waals surface area contributed by atoms with Gasteiger partial charge in [-0.05, 0) is 74.2 Å². The summed E-state index contributed by atoms with van der Waals surface area (Å²) in [6, 6.07) is 11.9.